The molecular weight excluding hydrogens is 226 g/mol. The minimum absolute atomic E-state index is 0.581. The first kappa shape index (κ1) is 14.3. The van der Waals surface area contributed by atoms with Gasteiger partial charge in [0.2, 0.25) is 0 Å². The van der Waals surface area contributed by atoms with Gasteiger partial charge in [0.25, 0.3) is 0 Å². The van der Waals surface area contributed by atoms with Gasteiger partial charge in [-0.2, -0.15) is 0 Å². The number of rotatable bonds is 6. The van der Waals surface area contributed by atoms with Gasteiger partial charge < -0.3 is 10.5 Å². The molecule has 0 aromatic heterocycles. The van der Waals surface area contributed by atoms with E-state index in [0.29, 0.717) is 5.92 Å². The van der Waals surface area contributed by atoms with Crippen LogP contribution >= 0.6 is 0 Å². The zero-order chi connectivity index (χ0) is 12.9. The summed E-state index contributed by atoms with van der Waals surface area (Å²) in [5.74, 6) is 1.57. The summed E-state index contributed by atoms with van der Waals surface area (Å²) in [5.41, 5.74) is 7.18. The van der Waals surface area contributed by atoms with Crippen LogP contribution in [0.25, 0.3) is 0 Å². The molecule has 0 fully saturated rings. The molecule has 0 aliphatic carbocycles. The Bertz CT molecular complexity index is 346. The molecule has 2 nitrogen and oxygen atoms in total. The zero-order valence-corrected chi connectivity index (χ0v) is 12.5. The summed E-state index contributed by atoms with van der Waals surface area (Å²) in [6.07, 6.45) is 1.03. The van der Waals surface area contributed by atoms with Crippen LogP contribution in [0.15, 0.2) is 24.3 Å². The van der Waals surface area contributed by atoms with Crippen molar-refractivity contribution in [2.45, 2.75) is 32.1 Å². The van der Waals surface area contributed by atoms with Gasteiger partial charge in [0.1, 0.15) is 5.75 Å². The van der Waals surface area contributed by atoms with Crippen molar-refractivity contribution in [2.75, 3.05) is 13.7 Å². The first-order valence-electron chi connectivity index (χ1n) is 6.28. The maximum Gasteiger partial charge on any atom is 0.122 e. The monoisotopic (exact) mass is 251 g/mol. The highest BCUT2D eigenvalue weighted by molar-refractivity contribution is 6.76. The Morgan fingerprint density at radius 2 is 1.88 bits per heavy atom. The normalized spacial score (nSPS) is 13.5. The Morgan fingerprint density at radius 3 is 2.41 bits per heavy atom. The van der Waals surface area contributed by atoms with Crippen LogP contribution in [-0.4, -0.2) is 21.7 Å². The standard InChI is InChI=1S/C14H25NOSi/c1-16-14-8-6-5-7-13(14)9-12(10-15)11-17(2,3)4/h5-8,12H,9-11,15H2,1-4H3. The van der Waals surface area contributed by atoms with E-state index in [1.807, 2.05) is 12.1 Å². The number of hydrogen-bond donors (Lipinski definition) is 1. The molecule has 0 amide bonds. The van der Waals surface area contributed by atoms with Crippen molar-refractivity contribution in [2.24, 2.45) is 11.7 Å². The van der Waals surface area contributed by atoms with Crippen molar-refractivity contribution >= 4 is 8.07 Å². The SMILES string of the molecule is COc1ccccc1CC(CN)C[Si](C)(C)C. The third-order valence-corrected chi connectivity index (χ3v) is 4.74. The summed E-state index contributed by atoms with van der Waals surface area (Å²) in [4.78, 5) is 0. The van der Waals surface area contributed by atoms with Crippen LogP contribution in [-0.2, 0) is 6.42 Å². The Kier molecular flexibility index (Phi) is 5.21. The van der Waals surface area contributed by atoms with E-state index in [1.54, 1.807) is 7.11 Å². The summed E-state index contributed by atoms with van der Waals surface area (Å²) in [5, 5.41) is 0. The second kappa shape index (κ2) is 6.22. The highest BCUT2D eigenvalue weighted by Gasteiger charge is 2.20. The van der Waals surface area contributed by atoms with Crippen LogP contribution in [0.4, 0.5) is 0 Å². The highest BCUT2D eigenvalue weighted by Crippen LogP contribution is 2.25. The van der Waals surface area contributed by atoms with Gasteiger partial charge in [-0.05, 0) is 30.5 Å². The van der Waals surface area contributed by atoms with Gasteiger partial charge in [-0.1, -0.05) is 43.9 Å². The molecule has 3 heteroatoms. The van der Waals surface area contributed by atoms with Gasteiger partial charge in [-0.25, -0.2) is 0 Å². The minimum atomic E-state index is -1.04. The lowest BCUT2D eigenvalue weighted by Crippen LogP contribution is -2.29. The average molecular weight is 251 g/mol. The molecule has 1 aromatic carbocycles. The van der Waals surface area contributed by atoms with Gasteiger partial charge in [0.05, 0.1) is 7.11 Å². The first-order chi connectivity index (χ1) is 7.96. The molecule has 17 heavy (non-hydrogen) atoms. The predicted octanol–water partition coefficient (Wildman–Crippen LogP) is 3.15. The van der Waals surface area contributed by atoms with E-state index >= 15 is 0 Å². The topological polar surface area (TPSA) is 35.2 Å². The zero-order valence-electron chi connectivity index (χ0n) is 11.5. The number of nitrogens with two attached hydrogens (primary N) is 1. The fraction of sp³-hybridized carbons (Fsp3) is 0.571. The van der Waals surface area contributed by atoms with E-state index in [1.165, 1.54) is 11.6 Å². The molecule has 0 spiro atoms. The third kappa shape index (κ3) is 4.92. The van der Waals surface area contributed by atoms with E-state index in [9.17, 15) is 0 Å². The Hall–Kier alpha value is -0.803. The van der Waals surface area contributed by atoms with Crippen LogP contribution in [0.5, 0.6) is 5.75 Å². The Morgan fingerprint density at radius 1 is 1.24 bits per heavy atom. The van der Waals surface area contributed by atoms with Crippen molar-refractivity contribution in [1.82, 2.24) is 0 Å². The smallest absolute Gasteiger partial charge is 0.122 e. The maximum absolute atomic E-state index is 5.90. The minimum Gasteiger partial charge on any atom is -0.496 e. The molecule has 1 atom stereocenters. The summed E-state index contributed by atoms with van der Waals surface area (Å²) in [6.45, 7) is 7.97. The van der Waals surface area contributed by atoms with Crippen molar-refractivity contribution in [3.05, 3.63) is 29.8 Å². The lowest BCUT2D eigenvalue weighted by Gasteiger charge is -2.24. The molecule has 0 radical (unpaired) electrons. The van der Waals surface area contributed by atoms with Gasteiger partial charge in [0, 0.05) is 8.07 Å². The largest absolute Gasteiger partial charge is 0.496 e. The van der Waals surface area contributed by atoms with Gasteiger partial charge in [-0.3, -0.25) is 0 Å². The predicted molar refractivity (Wildman–Crippen MR) is 77.4 cm³/mol. The Balaban J connectivity index is 2.73. The van der Waals surface area contributed by atoms with E-state index in [0.717, 1.165) is 18.7 Å². The van der Waals surface area contributed by atoms with Gasteiger partial charge in [0.15, 0.2) is 0 Å². The molecule has 0 aliphatic heterocycles. The first-order valence-corrected chi connectivity index (χ1v) is 9.99. The molecule has 1 unspecified atom stereocenters. The van der Waals surface area contributed by atoms with Crippen LogP contribution in [0.1, 0.15) is 5.56 Å². The quantitative estimate of drug-likeness (QED) is 0.788. The van der Waals surface area contributed by atoms with Crippen molar-refractivity contribution < 1.29 is 4.74 Å². The third-order valence-electron chi connectivity index (χ3n) is 2.94. The molecule has 1 aromatic rings. The number of ether oxygens (including phenoxy) is 1. The molecule has 0 bridgehead atoms. The molecule has 2 N–H and O–H groups in total. The Labute approximate surface area is 106 Å². The lowest BCUT2D eigenvalue weighted by atomic mass is 10.0. The van der Waals surface area contributed by atoms with Crippen LogP contribution in [0, 0.1) is 5.92 Å². The van der Waals surface area contributed by atoms with Gasteiger partial charge >= 0.3 is 0 Å². The number of hydrogen-bond acceptors (Lipinski definition) is 2. The van der Waals surface area contributed by atoms with E-state index in [2.05, 4.69) is 31.8 Å². The van der Waals surface area contributed by atoms with Crippen molar-refractivity contribution in [1.29, 1.82) is 0 Å². The van der Waals surface area contributed by atoms with Crippen molar-refractivity contribution in [3.8, 4) is 5.75 Å². The molecular formula is C14H25NOSi. The molecule has 0 aliphatic rings. The second-order valence-electron chi connectivity index (χ2n) is 5.88. The second-order valence-corrected chi connectivity index (χ2v) is 11.4. The molecule has 1 rings (SSSR count). The average Bonchev–Trinajstić information content (AvgIpc) is 2.27. The van der Waals surface area contributed by atoms with Crippen LogP contribution < -0.4 is 10.5 Å². The van der Waals surface area contributed by atoms with E-state index in [4.69, 9.17) is 10.5 Å². The summed E-state index contributed by atoms with van der Waals surface area (Å²) >= 11 is 0. The summed E-state index contributed by atoms with van der Waals surface area (Å²) < 4.78 is 5.39. The molecule has 96 valence electrons. The van der Waals surface area contributed by atoms with Gasteiger partial charge in [-0.15, -0.1) is 0 Å². The number of benzene rings is 1. The summed E-state index contributed by atoms with van der Waals surface area (Å²) in [7, 11) is 0.687. The van der Waals surface area contributed by atoms with E-state index in [-0.39, 0.29) is 0 Å². The van der Waals surface area contributed by atoms with E-state index < -0.39 is 8.07 Å². The fourth-order valence-electron chi connectivity index (χ4n) is 2.29. The molecule has 0 heterocycles. The highest BCUT2D eigenvalue weighted by atomic mass is 28.3. The number of para-hydroxylation sites is 1. The lowest BCUT2D eigenvalue weighted by molar-refractivity contribution is 0.405. The molecule has 0 saturated carbocycles. The maximum atomic E-state index is 5.90. The number of methoxy groups -OCH3 is 1. The molecule has 0 saturated heterocycles. The van der Waals surface area contributed by atoms with Crippen LogP contribution in [0.2, 0.25) is 25.7 Å². The fourth-order valence-corrected chi connectivity index (χ4v) is 4.33. The van der Waals surface area contributed by atoms with Crippen molar-refractivity contribution in [3.63, 3.8) is 0 Å². The van der Waals surface area contributed by atoms with Crippen LogP contribution in [0.3, 0.4) is 0 Å². The summed E-state index contributed by atoms with van der Waals surface area (Å²) in [6, 6.07) is 9.53.